The van der Waals surface area contributed by atoms with Crippen LogP contribution in [0.15, 0.2) is 24.3 Å². The van der Waals surface area contributed by atoms with E-state index >= 15 is 0 Å². The molecular formula is C23H24O7S. The monoisotopic (exact) mass is 444 g/mol. The number of phenolic OH excluding ortho intramolecular Hbond substituents is 1. The van der Waals surface area contributed by atoms with Gasteiger partial charge in [0.05, 0.1) is 26.7 Å². The van der Waals surface area contributed by atoms with Crippen molar-refractivity contribution in [1.82, 2.24) is 0 Å². The van der Waals surface area contributed by atoms with E-state index in [4.69, 9.17) is 23.7 Å². The number of esters is 1. The van der Waals surface area contributed by atoms with Crippen LogP contribution in [0, 0.1) is 11.8 Å². The predicted octanol–water partition coefficient (Wildman–Crippen LogP) is 3.87. The number of carbonyl (C=O) groups excluding carboxylic acids is 1. The van der Waals surface area contributed by atoms with Crippen LogP contribution in [0.5, 0.6) is 28.7 Å². The van der Waals surface area contributed by atoms with E-state index in [1.54, 1.807) is 12.1 Å². The minimum absolute atomic E-state index is 0.0288. The lowest BCUT2D eigenvalue weighted by atomic mass is 9.67. The van der Waals surface area contributed by atoms with Gasteiger partial charge in [0.2, 0.25) is 12.5 Å². The number of rotatable bonds is 5. The Morgan fingerprint density at radius 2 is 1.68 bits per heavy atom. The second-order valence-corrected chi connectivity index (χ2v) is 9.20. The van der Waals surface area contributed by atoms with Gasteiger partial charge in [-0.15, -0.1) is 0 Å². The zero-order valence-corrected chi connectivity index (χ0v) is 18.4. The van der Waals surface area contributed by atoms with E-state index in [9.17, 15) is 9.90 Å². The molecule has 0 saturated carbocycles. The summed E-state index contributed by atoms with van der Waals surface area (Å²) in [5.74, 6) is 2.02. The van der Waals surface area contributed by atoms with E-state index in [2.05, 4.69) is 6.92 Å². The largest absolute Gasteiger partial charge is 0.502 e. The molecule has 0 radical (unpaired) electrons. The second kappa shape index (κ2) is 7.75. The van der Waals surface area contributed by atoms with Gasteiger partial charge in [-0.25, -0.2) is 0 Å². The molecule has 0 bridgehead atoms. The van der Waals surface area contributed by atoms with Gasteiger partial charge in [0, 0.05) is 17.1 Å². The van der Waals surface area contributed by atoms with Crippen LogP contribution in [0.1, 0.15) is 34.8 Å². The third-order valence-corrected chi connectivity index (χ3v) is 7.62. The molecule has 0 unspecified atom stereocenters. The lowest BCUT2D eigenvalue weighted by molar-refractivity contribution is -0.141. The Balaban J connectivity index is 1.75. The molecule has 2 heterocycles. The van der Waals surface area contributed by atoms with Crippen molar-refractivity contribution in [2.45, 2.75) is 18.1 Å². The van der Waals surface area contributed by atoms with Crippen LogP contribution in [0.2, 0.25) is 0 Å². The van der Waals surface area contributed by atoms with E-state index in [-0.39, 0.29) is 41.5 Å². The average Bonchev–Trinajstić information content (AvgIpc) is 3.39. The number of hydrogen-bond acceptors (Lipinski definition) is 8. The summed E-state index contributed by atoms with van der Waals surface area (Å²) in [6, 6.07) is 7.57. The Hall–Kier alpha value is -2.74. The summed E-state index contributed by atoms with van der Waals surface area (Å²) in [6.45, 7) is 2.69. The third kappa shape index (κ3) is 3.07. The fourth-order valence-electron chi connectivity index (χ4n) is 5.00. The molecule has 1 fully saturated rings. The molecule has 3 aliphatic rings. The zero-order valence-electron chi connectivity index (χ0n) is 17.5. The summed E-state index contributed by atoms with van der Waals surface area (Å²) in [5, 5.41) is 10.5. The third-order valence-electron chi connectivity index (χ3n) is 6.33. The van der Waals surface area contributed by atoms with Crippen molar-refractivity contribution in [2.24, 2.45) is 11.8 Å². The van der Waals surface area contributed by atoms with Crippen LogP contribution in [0.3, 0.4) is 0 Å². The molecule has 8 heteroatoms. The predicted molar refractivity (Wildman–Crippen MR) is 114 cm³/mol. The van der Waals surface area contributed by atoms with Crippen molar-refractivity contribution in [3.8, 4) is 28.7 Å². The maximum Gasteiger partial charge on any atom is 0.310 e. The summed E-state index contributed by atoms with van der Waals surface area (Å²) in [5.41, 5.74) is 2.96. The minimum atomic E-state index is -0.351. The number of thioether (sulfide) groups is 1. The van der Waals surface area contributed by atoms with Crippen molar-refractivity contribution >= 4 is 17.7 Å². The van der Waals surface area contributed by atoms with Crippen LogP contribution in [0.4, 0.5) is 0 Å². The van der Waals surface area contributed by atoms with Gasteiger partial charge in [0.15, 0.2) is 23.0 Å². The molecule has 164 valence electrons. The van der Waals surface area contributed by atoms with Gasteiger partial charge in [-0.1, -0.05) is 6.92 Å². The Morgan fingerprint density at radius 3 is 2.29 bits per heavy atom. The first-order chi connectivity index (χ1) is 15.1. The van der Waals surface area contributed by atoms with Crippen LogP contribution < -0.4 is 18.9 Å². The van der Waals surface area contributed by atoms with Crippen molar-refractivity contribution in [1.29, 1.82) is 0 Å². The van der Waals surface area contributed by atoms with Gasteiger partial charge in [0.1, 0.15) is 0 Å². The van der Waals surface area contributed by atoms with E-state index in [0.29, 0.717) is 23.9 Å². The number of aromatic hydroxyl groups is 1. The molecule has 7 nitrogen and oxygen atoms in total. The highest BCUT2D eigenvalue weighted by Gasteiger charge is 2.52. The molecule has 0 amide bonds. The summed E-state index contributed by atoms with van der Waals surface area (Å²) < 4.78 is 27.6. The first-order valence-electron chi connectivity index (χ1n) is 10.2. The van der Waals surface area contributed by atoms with Crippen LogP contribution in [-0.4, -0.2) is 44.4 Å². The molecule has 2 aromatic rings. The number of phenols is 1. The molecule has 4 atom stereocenters. The van der Waals surface area contributed by atoms with Crippen molar-refractivity contribution in [3.63, 3.8) is 0 Å². The van der Waals surface area contributed by atoms with Crippen LogP contribution >= 0.6 is 11.8 Å². The highest BCUT2D eigenvalue weighted by molar-refractivity contribution is 7.99. The molecule has 0 spiro atoms. The minimum Gasteiger partial charge on any atom is -0.502 e. The summed E-state index contributed by atoms with van der Waals surface area (Å²) in [4.78, 5) is 13.0. The molecule has 1 N–H and O–H groups in total. The number of methoxy groups -OCH3 is 2. The molecule has 0 aromatic heterocycles. The quantitative estimate of drug-likeness (QED) is 0.696. The molecule has 2 aromatic carbocycles. The van der Waals surface area contributed by atoms with Crippen molar-refractivity contribution in [2.75, 3.05) is 33.4 Å². The number of hydrogen-bond donors (Lipinski definition) is 1. The van der Waals surface area contributed by atoms with Gasteiger partial charge >= 0.3 is 5.97 Å². The molecule has 1 saturated heterocycles. The van der Waals surface area contributed by atoms with Crippen molar-refractivity contribution < 1.29 is 33.6 Å². The molecule has 2 aliphatic heterocycles. The highest BCUT2D eigenvalue weighted by Crippen LogP contribution is 2.58. The van der Waals surface area contributed by atoms with Gasteiger partial charge in [-0.3, -0.25) is 4.79 Å². The second-order valence-electron chi connectivity index (χ2n) is 7.78. The summed E-state index contributed by atoms with van der Waals surface area (Å²) >= 11 is 1.82. The number of benzene rings is 2. The van der Waals surface area contributed by atoms with Crippen molar-refractivity contribution in [3.05, 3.63) is 41.0 Å². The number of fused-ring (bicyclic) bond motifs is 3. The number of ether oxygens (including phenoxy) is 5. The smallest absolute Gasteiger partial charge is 0.310 e. The van der Waals surface area contributed by atoms with Crippen LogP contribution in [-0.2, 0) is 9.53 Å². The Labute approximate surface area is 184 Å². The fraction of sp³-hybridized carbons (Fsp3) is 0.435. The normalized spacial score (nSPS) is 25.6. The average molecular weight is 445 g/mol. The standard InChI is InChI=1S/C23H24O7S/c1-4-31-22-13-8-16-15(29-10-30-16)7-12(13)19(20-14(22)9-28-23(20)25)11-5-17(26-2)21(24)18(6-11)27-3/h5-8,14,19-20,22,24H,4,9-10H2,1-3H3/t14-,19+,20-,22+/m0/s1. The molecular weight excluding hydrogens is 420 g/mol. The molecule has 31 heavy (non-hydrogen) atoms. The first kappa shape index (κ1) is 20.2. The Bertz CT molecular complexity index is 1010. The van der Waals surface area contributed by atoms with E-state index in [1.807, 2.05) is 23.9 Å². The lowest BCUT2D eigenvalue weighted by Crippen LogP contribution is -2.33. The number of carbonyl (C=O) groups is 1. The maximum atomic E-state index is 13.0. The fourth-order valence-corrected chi connectivity index (χ4v) is 6.24. The maximum absolute atomic E-state index is 13.0. The molecule has 1 aliphatic carbocycles. The van der Waals surface area contributed by atoms with E-state index in [0.717, 1.165) is 28.2 Å². The Morgan fingerprint density at radius 1 is 1.03 bits per heavy atom. The topological polar surface area (TPSA) is 83.5 Å². The lowest BCUT2D eigenvalue weighted by Gasteiger charge is -2.39. The van der Waals surface area contributed by atoms with Gasteiger partial charge in [0.25, 0.3) is 0 Å². The van der Waals surface area contributed by atoms with Gasteiger partial charge in [-0.2, -0.15) is 11.8 Å². The van der Waals surface area contributed by atoms with Gasteiger partial charge < -0.3 is 28.8 Å². The van der Waals surface area contributed by atoms with E-state index < -0.39 is 0 Å². The van der Waals surface area contributed by atoms with Gasteiger partial charge in [-0.05, 0) is 46.7 Å². The highest BCUT2D eigenvalue weighted by atomic mass is 32.2. The summed E-state index contributed by atoms with van der Waals surface area (Å²) in [6.07, 6.45) is 0. The van der Waals surface area contributed by atoms with Crippen LogP contribution in [0.25, 0.3) is 0 Å². The number of cyclic esters (lactones) is 1. The summed E-state index contributed by atoms with van der Waals surface area (Å²) in [7, 11) is 2.98. The Kier molecular flexibility index (Phi) is 5.04. The van der Waals surface area contributed by atoms with E-state index in [1.165, 1.54) is 14.2 Å². The zero-order chi connectivity index (χ0) is 21.7. The molecule has 5 rings (SSSR count). The first-order valence-corrected chi connectivity index (χ1v) is 11.3. The SMILES string of the molecule is CCS[C@@H]1c2cc3c(cc2[C@@H](c2cc(OC)c(O)c(OC)c2)[C@H]2C(=O)OC[C@@H]21)OCO3.